The van der Waals surface area contributed by atoms with Crippen LogP contribution in [0.1, 0.15) is 47.8 Å². The van der Waals surface area contributed by atoms with Crippen molar-refractivity contribution in [1.82, 2.24) is 4.57 Å². The minimum absolute atomic E-state index is 0.0410. The Morgan fingerprint density at radius 1 is 1.09 bits per heavy atom. The van der Waals surface area contributed by atoms with E-state index in [-0.39, 0.29) is 11.6 Å². The molecule has 0 radical (unpaired) electrons. The van der Waals surface area contributed by atoms with Crippen molar-refractivity contribution < 1.29 is 0 Å². The Morgan fingerprint density at radius 2 is 1.68 bits per heavy atom. The van der Waals surface area contributed by atoms with Crippen LogP contribution in [-0.4, -0.2) is 4.57 Å². The normalized spacial score (nSPS) is 12.7. The molecule has 0 aliphatic rings. The molecular weight excluding hydrogens is 272 g/mol. The Balaban J connectivity index is 2.54. The molecule has 118 valence electrons. The Bertz CT molecular complexity index is 711. The monoisotopic (exact) mass is 298 g/mol. The molecule has 0 saturated heterocycles. The van der Waals surface area contributed by atoms with Crippen LogP contribution in [-0.2, 0) is 6.54 Å². The van der Waals surface area contributed by atoms with Crippen LogP contribution in [0.5, 0.6) is 0 Å². The van der Waals surface area contributed by atoms with E-state index in [4.69, 9.17) is 5.73 Å². The summed E-state index contributed by atoms with van der Waals surface area (Å²) in [6, 6.07) is 9.76. The molecular formula is C19H26N2O. The number of nitrogens with two attached hydrogens (primary N) is 1. The van der Waals surface area contributed by atoms with Crippen LogP contribution < -0.4 is 11.3 Å². The van der Waals surface area contributed by atoms with Crippen molar-refractivity contribution in [3.8, 4) is 0 Å². The van der Waals surface area contributed by atoms with Gasteiger partial charge in [-0.3, -0.25) is 4.79 Å². The molecule has 3 heteroatoms. The number of nitrogens with zero attached hydrogens (tertiary/aromatic N) is 1. The van der Waals surface area contributed by atoms with Crippen LogP contribution in [0.3, 0.4) is 0 Å². The first-order chi connectivity index (χ1) is 10.3. The van der Waals surface area contributed by atoms with Crippen molar-refractivity contribution in [1.29, 1.82) is 0 Å². The first-order valence-electron chi connectivity index (χ1n) is 7.84. The number of hydrogen-bond acceptors (Lipinski definition) is 2. The summed E-state index contributed by atoms with van der Waals surface area (Å²) in [5.74, 6) is 0.419. The first-order valence-corrected chi connectivity index (χ1v) is 7.84. The van der Waals surface area contributed by atoms with Crippen molar-refractivity contribution in [2.24, 2.45) is 11.7 Å². The summed E-state index contributed by atoms with van der Waals surface area (Å²) < 4.78 is 1.85. The molecule has 1 aromatic carbocycles. The molecule has 1 aromatic heterocycles. The van der Waals surface area contributed by atoms with E-state index in [0.29, 0.717) is 11.5 Å². The van der Waals surface area contributed by atoms with Crippen molar-refractivity contribution >= 4 is 0 Å². The summed E-state index contributed by atoms with van der Waals surface area (Å²) in [5, 5.41) is 0. The second-order valence-electron chi connectivity index (χ2n) is 6.58. The van der Waals surface area contributed by atoms with Crippen molar-refractivity contribution in [3.63, 3.8) is 0 Å². The Hall–Kier alpha value is -1.87. The van der Waals surface area contributed by atoms with E-state index in [1.165, 1.54) is 5.56 Å². The predicted octanol–water partition coefficient (Wildman–Crippen LogP) is 3.48. The van der Waals surface area contributed by atoms with Gasteiger partial charge in [-0.05, 0) is 43.9 Å². The van der Waals surface area contributed by atoms with Crippen molar-refractivity contribution in [2.75, 3.05) is 0 Å². The molecule has 2 N–H and O–H groups in total. The number of aryl methyl sites for hydroxylation is 3. The Labute approximate surface area is 132 Å². The lowest BCUT2D eigenvalue weighted by Gasteiger charge is -2.20. The summed E-state index contributed by atoms with van der Waals surface area (Å²) in [7, 11) is 0. The second kappa shape index (κ2) is 6.49. The van der Waals surface area contributed by atoms with Gasteiger partial charge >= 0.3 is 0 Å². The van der Waals surface area contributed by atoms with Crippen LogP contribution in [0.15, 0.2) is 35.1 Å². The van der Waals surface area contributed by atoms with Crippen LogP contribution in [0.4, 0.5) is 0 Å². The summed E-state index contributed by atoms with van der Waals surface area (Å²) in [6.45, 7) is 11.0. The van der Waals surface area contributed by atoms with Gasteiger partial charge in [-0.25, -0.2) is 0 Å². The zero-order valence-electron chi connectivity index (χ0n) is 14.2. The third kappa shape index (κ3) is 3.30. The molecule has 0 amide bonds. The van der Waals surface area contributed by atoms with Crippen molar-refractivity contribution in [2.45, 2.75) is 47.2 Å². The maximum absolute atomic E-state index is 12.9. The van der Waals surface area contributed by atoms with E-state index in [9.17, 15) is 4.79 Å². The summed E-state index contributed by atoms with van der Waals surface area (Å²) in [5.41, 5.74) is 11.3. The molecule has 0 fully saturated rings. The molecule has 2 rings (SSSR count). The maximum atomic E-state index is 12.9. The minimum Gasteiger partial charge on any atom is -0.320 e. The molecule has 3 nitrogen and oxygen atoms in total. The van der Waals surface area contributed by atoms with Gasteiger partial charge in [0.2, 0.25) is 0 Å². The van der Waals surface area contributed by atoms with Crippen molar-refractivity contribution in [3.05, 3.63) is 68.6 Å². The average Bonchev–Trinajstić information content (AvgIpc) is 2.43. The van der Waals surface area contributed by atoms with Crippen LogP contribution in [0.2, 0.25) is 0 Å². The SMILES string of the molecule is Cc1ccc(C(N)c2c(C)cc(C)n(CC(C)C)c2=O)cc1. The number of hydrogen-bond donors (Lipinski definition) is 1. The molecule has 0 aliphatic heterocycles. The highest BCUT2D eigenvalue weighted by Gasteiger charge is 2.18. The number of pyridine rings is 1. The molecule has 0 saturated carbocycles. The highest BCUT2D eigenvalue weighted by Crippen LogP contribution is 2.21. The Morgan fingerprint density at radius 3 is 2.23 bits per heavy atom. The van der Waals surface area contributed by atoms with Gasteiger partial charge in [0, 0.05) is 17.8 Å². The molecule has 2 aromatic rings. The highest BCUT2D eigenvalue weighted by atomic mass is 16.1. The topological polar surface area (TPSA) is 48.0 Å². The van der Waals surface area contributed by atoms with E-state index >= 15 is 0 Å². The minimum atomic E-state index is -0.382. The Kier molecular flexibility index (Phi) is 4.87. The van der Waals surface area contributed by atoms with Crippen LogP contribution in [0, 0.1) is 26.7 Å². The van der Waals surface area contributed by atoms with E-state index in [0.717, 1.165) is 23.4 Å². The summed E-state index contributed by atoms with van der Waals surface area (Å²) in [4.78, 5) is 12.9. The quantitative estimate of drug-likeness (QED) is 0.939. The second-order valence-corrected chi connectivity index (χ2v) is 6.58. The summed E-state index contributed by atoms with van der Waals surface area (Å²) >= 11 is 0. The lowest BCUT2D eigenvalue weighted by molar-refractivity contribution is 0.497. The molecule has 0 aliphatic carbocycles. The molecule has 0 spiro atoms. The lowest BCUT2D eigenvalue weighted by Crippen LogP contribution is -2.32. The number of benzene rings is 1. The van der Waals surface area contributed by atoms with Gasteiger partial charge in [0.15, 0.2) is 0 Å². The van der Waals surface area contributed by atoms with Gasteiger partial charge in [-0.15, -0.1) is 0 Å². The molecule has 22 heavy (non-hydrogen) atoms. The van der Waals surface area contributed by atoms with Gasteiger partial charge in [-0.2, -0.15) is 0 Å². The fourth-order valence-electron chi connectivity index (χ4n) is 2.85. The van der Waals surface area contributed by atoms with E-state index < -0.39 is 0 Å². The molecule has 1 unspecified atom stereocenters. The molecule has 1 heterocycles. The van der Waals surface area contributed by atoms with Gasteiger partial charge in [0.05, 0.1) is 6.04 Å². The largest absolute Gasteiger partial charge is 0.320 e. The zero-order chi connectivity index (χ0) is 16.4. The van der Waals surface area contributed by atoms with Crippen LogP contribution >= 0.6 is 0 Å². The van der Waals surface area contributed by atoms with Gasteiger partial charge in [0.25, 0.3) is 5.56 Å². The summed E-state index contributed by atoms with van der Waals surface area (Å²) in [6.07, 6.45) is 0. The standard InChI is InChI=1S/C19H26N2O/c1-12(2)11-21-15(5)10-14(4)17(19(21)22)18(20)16-8-6-13(3)7-9-16/h6-10,12,18H,11,20H2,1-5H3. The van der Waals surface area contributed by atoms with E-state index in [2.05, 4.69) is 19.9 Å². The van der Waals surface area contributed by atoms with Gasteiger partial charge in [-0.1, -0.05) is 43.7 Å². The third-order valence-corrected chi connectivity index (χ3v) is 4.05. The fraction of sp³-hybridized carbons (Fsp3) is 0.421. The smallest absolute Gasteiger partial charge is 0.256 e. The predicted molar refractivity (Wildman–Crippen MR) is 92.2 cm³/mol. The fourth-order valence-corrected chi connectivity index (χ4v) is 2.85. The van der Waals surface area contributed by atoms with E-state index in [1.807, 2.05) is 49.6 Å². The average molecular weight is 298 g/mol. The molecule has 0 bridgehead atoms. The van der Waals surface area contributed by atoms with Gasteiger partial charge < -0.3 is 10.3 Å². The first kappa shape index (κ1) is 16.5. The van der Waals surface area contributed by atoms with Gasteiger partial charge in [0.1, 0.15) is 0 Å². The molecule has 1 atom stereocenters. The zero-order valence-corrected chi connectivity index (χ0v) is 14.2. The lowest BCUT2D eigenvalue weighted by atomic mass is 9.95. The maximum Gasteiger partial charge on any atom is 0.256 e. The number of rotatable bonds is 4. The van der Waals surface area contributed by atoms with E-state index in [1.54, 1.807) is 0 Å². The number of aromatic nitrogens is 1. The highest BCUT2D eigenvalue weighted by molar-refractivity contribution is 5.37. The third-order valence-electron chi connectivity index (χ3n) is 4.05. The van der Waals surface area contributed by atoms with Crippen LogP contribution in [0.25, 0.3) is 0 Å².